The Bertz CT molecular complexity index is 819. The summed E-state index contributed by atoms with van der Waals surface area (Å²) in [6, 6.07) is 3.95. The predicted octanol–water partition coefficient (Wildman–Crippen LogP) is 3.97. The van der Waals surface area contributed by atoms with Gasteiger partial charge in [0, 0.05) is 12.8 Å². The number of hydrogen-bond acceptors (Lipinski definition) is 3. The zero-order chi connectivity index (χ0) is 19.1. The molecule has 0 spiro atoms. The number of amidine groups is 1. The Balaban J connectivity index is 1.80. The summed E-state index contributed by atoms with van der Waals surface area (Å²) in [5.74, 6) is -0.768. The van der Waals surface area contributed by atoms with Gasteiger partial charge in [-0.05, 0) is 24.6 Å². The van der Waals surface area contributed by atoms with E-state index in [2.05, 4.69) is 20.6 Å². The molecule has 3 rings (SSSR count). The summed E-state index contributed by atoms with van der Waals surface area (Å²) >= 11 is 0. The van der Waals surface area contributed by atoms with Crippen LogP contribution in [0.1, 0.15) is 42.2 Å². The molecule has 1 N–H and O–H groups in total. The van der Waals surface area contributed by atoms with Crippen molar-refractivity contribution in [3.05, 3.63) is 47.0 Å². The zero-order valence-electron chi connectivity index (χ0n) is 13.4. The van der Waals surface area contributed by atoms with Crippen LogP contribution in [0.25, 0.3) is 0 Å². The number of aliphatic imine (C=N–C) groups is 1. The minimum Gasteiger partial charge on any atom is -0.278 e. The standard InChI is InChI=1S/C15H13F6N5/c1-8(9-2-4-10(5-3-9)14(16,17)18)22-11-6-7-12-23-24-13(15(19,20)21)26(12)25-11/h2-5,8H,6-7H2,1H3,(H,22,25). The van der Waals surface area contributed by atoms with E-state index in [1.54, 1.807) is 6.92 Å². The lowest BCUT2D eigenvalue weighted by Gasteiger charge is -2.21. The lowest BCUT2D eigenvalue weighted by molar-refractivity contribution is -0.146. The van der Waals surface area contributed by atoms with Crippen LogP contribution in [0.5, 0.6) is 0 Å². The van der Waals surface area contributed by atoms with E-state index in [1.807, 2.05) is 0 Å². The highest BCUT2D eigenvalue weighted by atomic mass is 19.4. The second-order valence-electron chi connectivity index (χ2n) is 5.76. The van der Waals surface area contributed by atoms with Gasteiger partial charge in [0.1, 0.15) is 5.84 Å². The summed E-state index contributed by atoms with van der Waals surface area (Å²) in [6.45, 7) is 1.64. The maximum Gasteiger partial charge on any atom is 0.453 e. The van der Waals surface area contributed by atoms with E-state index in [0.717, 1.165) is 16.8 Å². The van der Waals surface area contributed by atoms with Gasteiger partial charge in [0.2, 0.25) is 0 Å². The first-order valence-corrected chi connectivity index (χ1v) is 7.58. The van der Waals surface area contributed by atoms with Crippen molar-refractivity contribution in [2.45, 2.75) is 38.2 Å². The fourth-order valence-corrected chi connectivity index (χ4v) is 2.55. The highest BCUT2D eigenvalue weighted by molar-refractivity contribution is 5.90. The number of benzene rings is 1. The lowest BCUT2D eigenvalue weighted by Crippen LogP contribution is -2.34. The summed E-state index contributed by atoms with van der Waals surface area (Å²) in [6.07, 6.45) is -8.56. The minimum absolute atomic E-state index is 0.137. The molecular formula is C15H13F6N5. The number of nitrogens with one attached hydrogen (secondary N) is 1. The van der Waals surface area contributed by atoms with Crippen molar-refractivity contribution < 1.29 is 26.3 Å². The summed E-state index contributed by atoms with van der Waals surface area (Å²) < 4.78 is 77.2. The van der Waals surface area contributed by atoms with Crippen LogP contribution >= 0.6 is 0 Å². The van der Waals surface area contributed by atoms with Crippen LogP contribution in [-0.2, 0) is 18.8 Å². The van der Waals surface area contributed by atoms with Crippen LogP contribution in [0.4, 0.5) is 26.3 Å². The van der Waals surface area contributed by atoms with Gasteiger partial charge in [-0.25, -0.2) is 4.68 Å². The molecule has 0 radical (unpaired) electrons. The zero-order valence-corrected chi connectivity index (χ0v) is 13.4. The third-order valence-electron chi connectivity index (χ3n) is 3.88. The molecule has 1 unspecified atom stereocenters. The minimum atomic E-state index is -4.67. The third-order valence-corrected chi connectivity index (χ3v) is 3.88. The topological polar surface area (TPSA) is 55.1 Å². The molecule has 1 aliphatic heterocycles. The van der Waals surface area contributed by atoms with Gasteiger partial charge in [-0.15, -0.1) is 10.2 Å². The van der Waals surface area contributed by atoms with Crippen molar-refractivity contribution in [1.29, 1.82) is 0 Å². The van der Waals surface area contributed by atoms with E-state index >= 15 is 0 Å². The van der Waals surface area contributed by atoms with Crippen LogP contribution in [0.2, 0.25) is 0 Å². The monoisotopic (exact) mass is 377 g/mol. The van der Waals surface area contributed by atoms with Crippen molar-refractivity contribution in [2.75, 3.05) is 5.43 Å². The predicted molar refractivity (Wildman–Crippen MR) is 80.0 cm³/mol. The van der Waals surface area contributed by atoms with E-state index < -0.39 is 29.8 Å². The van der Waals surface area contributed by atoms with Gasteiger partial charge in [-0.3, -0.25) is 10.4 Å². The number of rotatable bonds is 2. The van der Waals surface area contributed by atoms with Gasteiger partial charge >= 0.3 is 12.4 Å². The van der Waals surface area contributed by atoms with E-state index in [9.17, 15) is 26.3 Å². The second-order valence-corrected chi connectivity index (χ2v) is 5.76. The second kappa shape index (κ2) is 6.29. The largest absolute Gasteiger partial charge is 0.453 e. The average Bonchev–Trinajstić information content (AvgIpc) is 2.97. The molecule has 0 amide bonds. The average molecular weight is 377 g/mol. The highest BCUT2D eigenvalue weighted by Crippen LogP contribution is 2.31. The molecule has 1 aromatic heterocycles. The van der Waals surface area contributed by atoms with Crippen molar-refractivity contribution in [2.24, 2.45) is 4.99 Å². The number of fused-ring (bicyclic) bond motifs is 1. The molecule has 1 atom stereocenters. The van der Waals surface area contributed by atoms with Crippen LogP contribution in [-0.4, -0.2) is 20.7 Å². The Morgan fingerprint density at radius 3 is 2.23 bits per heavy atom. The summed E-state index contributed by atoms with van der Waals surface area (Å²) in [7, 11) is 0. The fraction of sp³-hybridized carbons (Fsp3) is 0.400. The van der Waals surface area contributed by atoms with Crippen LogP contribution in [0.3, 0.4) is 0 Å². The molecule has 0 bridgehead atoms. The Labute approximate surface area is 143 Å². The quantitative estimate of drug-likeness (QED) is 0.806. The van der Waals surface area contributed by atoms with Crippen LogP contribution in [0.15, 0.2) is 29.3 Å². The SMILES string of the molecule is CC(N=C1CCc2nnc(C(F)(F)F)n2N1)c1ccc(C(F)(F)F)cc1. The number of halogens is 6. The van der Waals surface area contributed by atoms with Crippen LogP contribution in [0, 0.1) is 0 Å². The molecule has 5 nitrogen and oxygen atoms in total. The van der Waals surface area contributed by atoms with E-state index in [1.165, 1.54) is 12.1 Å². The maximum absolute atomic E-state index is 12.9. The smallest absolute Gasteiger partial charge is 0.278 e. The first-order chi connectivity index (χ1) is 12.1. The Kier molecular flexibility index (Phi) is 4.41. The van der Waals surface area contributed by atoms with Gasteiger partial charge in [0.05, 0.1) is 11.6 Å². The first kappa shape index (κ1) is 18.2. The fourth-order valence-electron chi connectivity index (χ4n) is 2.55. The Morgan fingerprint density at radius 1 is 1.00 bits per heavy atom. The maximum atomic E-state index is 12.9. The van der Waals surface area contributed by atoms with E-state index in [-0.39, 0.29) is 18.1 Å². The molecule has 0 saturated heterocycles. The molecule has 140 valence electrons. The molecule has 0 aliphatic carbocycles. The summed E-state index contributed by atoms with van der Waals surface area (Å²) in [5, 5.41) is 6.63. The van der Waals surface area contributed by atoms with Gasteiger partial charge in [0.15, 0.2) is 5.82 Å². The van der Waals surface area contributed by atoms with Crippen molar-refractivity contribution in [3.63, 3.8) is 0 Å². The number of aryl methyl sites for hydroxylation is 1. The molecule has 1 aromatic carbocycles. The summed E-state index contributed by atoms with van der Waals surface area (Å²) in [4.78, 5) is 4.28. The molecule has 1 aliphatic rings. The molecule has 2 aromatic rings. The van der Waals surface area contributed by atoms with Crippen molar-refractivity contribution in [1.82, 2.24) is 14.9 Å². The van der Waals surface area contributed by atoms with Gasteiger partial charge in [-0.1, -0.05) is 12.1 Å². The van der Waals surface area contributed by atoms with Crippen molar-refractivity contribution in [3.8, 4) is 0 Å². The molecule has 2 heterocycles. The van der Waals surface area contributed by atoms with E-state index in [0.29, 0.717) is 12.0 Å². The lowest BCUT2D eigenvalue weighted by atomic mass is 10.1. The Hall–Kier alpha value is -2.59. The van der Waals surface area contributed by atoms with Gasteiger partial charge in [-0.2, -0.15) is 26.3 Å². The normalized spacial score (nSPS) is 17.7. The van der Waals surface area contributed by atoms with Gasteiger partial charge < -0.3 is 0 Å². The summed E-state index contributed by atoms with van der Waals surface area (Å²) in [5.41, 5.74) is 2.27. The number of hydrogen-bond donors (Lipinski definition) is 1. The van der Waals surface area contributed by atoms with Crippen LogP contribution < -0.4 is 5.43 Å². The number of nitrogens with zero attached hydrogens (tertiary/aromatic N) is 4. The molecule has 11 heteroatoms. The molecule has 0 saturated carbocycles. The van der Waals surface area contributed by atoms with E-state index in [4.69, 9.17) is 0 Å². The number of aromatic nitrogens is 3. The Morgan fingerprint density at radius 2 is 1.65 bits per heavy atom. The molecular weight excluding hydrogens is 364 g/mol. The highest BCUT2D eigenvalue weighted by Gasteiger charge is 2.40. The number of alkyl halides is 6. The van der Waals surface area contributed by atoms with Crippen molar-refractivity contribution >= 4 is 5.84 Å². The first-order valence-electron chi connectivity index (χ1n) is 7.58. The third kappa shape index (κ3) is 3.65. The van der Waals surface area contributed by atoms with Gasteiger partial charge in [0.25, 0.3) is 5.82 Å². The molecule has 26 heavy (non-hydrogen) atoms. The molecule has 0 fully saturated rings.